The number of hydrogen-bond donors (Lipinski definition) is 2. The minimum absolute atomic E-state index is 0.228. The lowest BCUT2D eigenvalue weighted by atomic mass is 9.87. The second kappa shape index (κ2) is 8.03. The van der Waals surface area contributed by atoms with Crippen LogP contribution in [-0.2, 0) is 0 Å². The van der Waals surface area contributed by atoms with E-state index in [2.05, 4.69) is 66.3 Å². The van der Waals surface area contributed by atoms with Gasteiger partial charge in [-0.2, -0.15) is 0 Å². The molecule has 0 radical (unpaired) electrons. The Labute approximate surface area is 125 Å². The first-order valence-electron chi connectivity index (χ1n) is 7.08. The van der Waals surface area contributed by atoms with E-state index in [1.807, 2.05) is 0 Å². The van der Waals surface area contributed by atoms with Gasteiger partial charge in [-0.3, -0.25) is 0 Å². The second-order valence-electron chi connectivity index (χ2n) is 5.88. The molecule has 19 heavy (non-hydrogen) atoms. The average molecular weight is 328 g/mol. The van der Waals surface area contributed by atoms with Crippen molar-refractivity contribution in [3.63, 3.8) is 0 Å². The fourth-order valence-electron chi connectivity index (χ4n) is 2.24. The molecule has 2 N–H and O–H groups in total. The number of aliphatic hydroxyl groups excluding tert-OH is 1. The summed E-state index contributed by atoms with van der Waals surface area (Å²) < 4.78 is 1.12. The first kappa shape index (κ1) is 16.7. The highest BCUT2D eigenvalue weighted by molar-refractivity contribution is 9.10. The van der Waals surface area contributed by atoms with Gasteiger partial charge in [-0.1, -0.05) is 48.8 Å². The molecule has 3 heteroatoms. The molecule has 0 saturated carbocycles. The predicted octanol–water partition coefficient (Wildman–Crippen LogP) is 4.29. The maximum absolute atomic E-state index is 8.93. The Morgan fingerprint density at radius 1 is 1.26 bits per heavy atom. The van der Waals surface area contributed by atoms with Crippen molar-refractivity contribution < 1.29 is 5.11 Å². The Morgan fingerprint density at radius 3 is 2.42 bits per heavy atom. The Morgan fingerprint density at radius 2 is 1.89 bits per heavy atom. The summed E-state index contributed by atoms with van der Waals surface area (Å²) >= 11 is 3.47. The summed E-state index contributed by atoms with van der Waals surface area (Å²) in [5.74, 6) is 0. The third kappa shape index (κ3) is 6.07. The van der Waals surface area contributed by atoms with Gasteiger partial charge < -0.3 is 10.4 Å². The van der Waals surface area contributed by atoms with E-state index in [1.165, 1.54) is 5.56 Å². The summed E-state index contributed by atoms with van der Waals surface area (Å²) in [7, 11) is 0. The van der Waals surface area contributed by atoms with E-state index in [4.69, 9.17) is 5.11 Å². The molecule has 1 unspecified atom stereocenters. The summed E-state index contributed by atoms with van der Waals surface area (Å²) in [6.07, 6.45) is 3.01. The fraction of sp³-hybridized carbons (Fsp3) is 0.625. The summed E-state index contributed by atoms with van der Waals surface area (Å²) in [4.78, 5) is 0. The van der Waals surface area contributed by atoms with Gasteiger partial charge in [-0.05, 0) is 42.4 Å². The van der Waals surface area contributed by atoms with Crippen molar-refractivity contribution in [1.82, 2.24) is 5.32 Å². The second-order valence-corrected chi connectivity index (χ2v) is 6.80. The maximum Gasteiger partial charge on any atom is 0.0431 e. The van der Waals surface area contributed by atoms with Gasteiger partial charge >= 0.3 is 0 Å². The zero-order valence-electron chi connectivity index (χ0n) is 12.2. The van der Waals surface area contributed by atoms with Gasteiger partial charge in [0.25, 0.3) is 0 Å². The van der Waals surface area contributed by atoms with Crippen LogP contribution in [-0.4, -0.2) is 18.3 Å². The molecule has 0 spiro atoms. The van der Waals surface area contributed by atoms with Crippen molar-refractivity contribution in [2.45, 2.75) is 46.1 Å². The molecule has 0 aliphatic heterocycles. The van der Waals surface area contributed by atoms with Crippen molar-refractivity contribution in [3.8, 4) is 0 Å². The van der Waals surface area contributed by atoms with Crippen LogP contribution < -0.4 is 5.32 Å². The smallest absolute Gasteiger partial charge is 0.0431 e. The molecule has 1 atom stereocenters. The summed E-state index contributed by atoms with van der Waals surface area (Å²) in [5.41, 5.74) is 1.56. The third-order valence-corrected chi connectivity index (χ3v) is 4.05. The van der Waals surface area contributed by atoms with Crippen molar-refractivity contribution in [2.24, 2.45) is 5.41 Å². The molecule has 1 aromatic carbocycles. The van der Waals surface area contributed by atoms with Gasteiger partial charge in [0, 0.05) is 23.7 Å². The monoisotopic (exact) mass is 327 g/mol. The minimum Gasteiger partial charge on any atom is -0.396 e. The molecule has 1 aromatic rings. The Kier molecular flexibility index (Phi) is 7.05. The highest BCUT2D eigenvalue weighted by Gasteiger charge is 2.19. The first-order chi connectivity index (χ1) is 8.98. The highest BCUT2D eigenvalue weighted by Crippen LogP contribution is 2.24. The average Bonchev–Trinajstić information content (AvgIpc) is 2.39. The van der Waals surface area contributed by atoms with E-state index in [9.17, 15) is 0 Å². The van der Waals surface area contributed by atoms with Crippen LogP contribution >= 0.6 is 15.9 Å². The van der Waals surface area contributed by atoms with Gasteiger partial charge in [0.2, 0.25) is 0 Å². The normalized spacial score (nSPS) is 13.5. The largest absolute Gasteiger partial charge is 0.396 e. The Balaban J connectivity index is 2.55. The van der Waals surface area contributed by atoms with E-state index < -0.39 is 0 Å². The lowest BCUT2D eigenvalue weighted by molar-refractivity contribution is 0.231. The van der Waals surface area contributed by atoms with Gasteiger partial charge in [0.15, 0.2) is 0 Å². The van der Waals surface area contributed by atoms with Crippen molar-refractivity contribution in [3.05, 3.63) is 34.3 Å². The van der Waals surface area contributed by atoms with E-state index in [0.29, 0.717) is 6.04 Å². The van der Waals surface area contributed by atoms with E-state index in [0.717, 1.165) is 30.3 Å². The number of rotatable bonds is 8. The van der Waals surface area contributed by atoms with Crippen LogP contribution in [0.25, 0.3) is 0 Å². The predicted molar refractivity (Wildman–Crippen MR) is 85.3 cm³/mol. The van der Waals surface area contributed by atoms with Crippen LogP contribution in [0.2, 0.25) is 0 Å². The van der Waals surface area contributed by atoms with Crippen LogP contribution in [0.1, 0.15) is 51.6 Å². The molecule has 0 bridgehead atoms. The quantitative estimate of drug-likeness (QED) is 0.746. The Hall–Kier alpha value is -0.380. The van der Waals surface area contributed by atoms with E-state index in [1.54, 1.807) is 0 Å². The lowest BCUT2D eigenvalue weighted by Crippen LogP contribution is -2.32. The van der Waals surface area contributed by atoms with Crippen molar-refractivity contribution >= 4 is 15.9 Å². The van der Waals surface area contributed by atoms with Gasteiger partial charge in [0.1, 0.15) is 0 Å². The molecule has 2 nitrogen and oxygen atoms in total. The number of benzene rings is 1. The van der Waals surface area contributed by atoms with Crippen LogP contribution in [0.3, 0.4) is 0 Å². The van der Waals surface area contributed by atoms with Crippen molar-refractivity contribution in [2.75, 3.05) is 13.2 Å². The molecule has 0 fully saturated rings. The zero-order valence-corrected chi connectivity index (χ0v) is 13.8. The topological polar surface area (TPSA) is 32.3 Å². The van der Waals surface area contributed by atoms with Gasteiger partial charge in [0.05, 0.1) is 0 Å². The highest BCUT2D eigenvalue weighted by atomic mass is 79.9. The molecular formula is C16H26BrNO. The molecule has 0 aliphatic rings. The standard InChI is InChI=1S/C16H26BrNO/c1-4-15(13-6-8-14(17)9-7-13)18-12-16(2,3)10-5-11-19/h6-9,15,18-19H,4-5,10-12H2,1-3H3. The van der Waals surface area contributed by atoms with E-state index in [-0.39, 0.29) is 12.0 Å². The van der Waals surface area contributed by atoms with Crippen LogP contribution in [0.5, 0.6) is 0 Å². The molecule has 1 rings (SSSR count). The van der Waals surface area contributed by atoms with E-state index >= 15 is 0 Å². The summed E-state index contributed by atoms with van der Waals surface area (Å²) in [5, 5.41) is 12.6. The fourth-order valence-corrected chi connectivity index (χ4v) is 2.50. The molecule has 108 valence electrons. The third-order valence-electron chi connectivity index (χ3n) is 3.52. The summed E-state index contributed by atoms with van der Waals surface area (Å²) in [6.45, 7) is 7.98. The molecule has 0 amide bonds. The minimum atomic E-state index is 0.228. The molecule has 0 aromatic heterocycles. The van der Waals surface area contributed by atoms with Crippen LogP contribution in [0.15, 0.2) is 28.7 Å². The number of hydrogen-bond acceptors (Lipinski definition) is 2. The first-order valence-corrected chi connectivity index (χ1v) is 7.87. The summed E-state index contributed by atoms with van der Waals surface area (Å²) in [6, 6.07) is 8.94. The molecular weight excluding hydrogens is 302 g/mol. The SMILES string of the molecule is CCC(NCC(C)(C)CCCO)c1ccc(Br)cc1. The van der Waals surface area contributed by atoms with Crippen LogP contribution in [0.4, 0.5) is 0 Å². The number of nitrogens with one attached hydrogen (secondary N) is 1. The van der Waals surface area contributed by atoms with Gasteiger partial charge in [-0.25, -0.2) is 0 Å². The van der Waals surface area contributed by atoms with Crippen molar-refractivity contribution in [1.29, 1.82) is 0 Å². The Bertz CT molecular complexity index is 362. The van der Waals surface area contributed by atoms with Gasteiger partial charge in [-0.15, -0.1) is 0 Å². The maximum atomic E-state index is 8.93. The number of aliphatic hydroxyl groups is 1. The van der Waals surface area contributed by atoms with Crippen LogP contribution in [0, 0.1) is 5.41 Å². The molecule has 0 heterocycles. The number of halogens is 1. The molecule has 0 saturated heterocycles. The lowest BCUT2D eigenvalue weighted by Gasteiger charge is -2.28. The zero-order chi connectivity index (χ0) is 14.3. The molecule has 0 aliphatic carbocycles.